The molecular formula is C32H24F6N2. The van der Waals surface area contributed by atoms with E-state index in [2.05, 4.69) is 6.58 Å². The van der Waals surface area contributed by atoms with Crippen LogP contribution in [0.2, 0.25) is 0 Å². The maximum atomic E-state index is 13.6. The number of rotatable bonds is 5. The minimum Gasteiger partial charge on any atom is -0.192 e. The van der Waals surface area contributed by atoms with Gasteiger partial charge in [-0.05, 0) is 93.6 Å². The van der Waals surface area contributed by atoms with Gasteiger partial charge < -0.3 is 0 Å². The quantitative estimate of drug-likeness (QED) is 0.180. The van der Waals surface area contributed by atoms with Crippen LogP contribution in [0.25, 0.3) is 27.8 Å². The Morgan fingerprint density at radius 1 is 0.975 bits per heavy atom. The van der Waals surface area contributed by atoms with Gasteiger partial charge >= 0.3 is 12.4 Å². The Morgan fingerprint density at radius 3 is 2.23 bits per heavy atom. The monoisotopic (exact) mass is 550 g/mol. The molecule has 1 atom stereocenters. The average Bonchev–Trinajstić information content (AvgIpc) is 3.23. The minimum absolute atomic E-state index is 0.126. The second-order valence-electron chi connectivity index (χ2n) is 9.62. The average molecular weight is 551 g/mol. The first-order valence-electron chi connectivity index (χ1n) is 12.6. The Balaban J connectivity index is 1.94. The van der Waals surface area contributed by atoms with E-state index in [1.54, 1.807) is 6.07 Å². The van der Waals surface area contributed by atoms with E-state index in [0.717, 1.165) is 29.2 Å². The highest BCUT2D eigenvalue weighted by Crippen LogP contribution is 2.49. The number of nitriles is 2. The van der Waals surface area contributed by atoms with E-state index in [-0.39, 0.29) is 22.8 Å². The van der Waals surface area contributed by atoms with Gasteiger partial charge in [0.1, 0.15) is 17.7 Å². The number of nitrogens with zero attached hydrogens (tertiary/aromatic N) is 2. The lowest BCUT2D eigenvalue weighted by Crippen LogP contribution is -2.26. The van der Waals surface area contributed by atoms with Crippen LogP contribution in [0.4, 0.5) is 26.3 Å². The summed E-state index contributed by atoms with van der Waals surface area (Å²) in [5.74, 6) is -2.30. The summed E-state index contributed by atoms with van der Waals surface area (Å²) >= 11 is 0. The molecule has 2 aromatic carbocycles. The molecule has 2 aliphatic carbocycles. The highest BCUT2D eigenvalue weighted by Gasteiger charge is 2.44. The summed E-state index contributed by atoms with van der Waals surface area (Å²) in [4.78, 5) is 0. The van der Waals surface area contributed by atoms with Crippen molar-refractivity contribution in [2.45, 2.75) is 45.5 Å². The zero-order valence-electron chi connectivity index (χ0n) is 21.8. The molecule has 0 aliphatic heterocycles. The van der Waals surface area contributed by atoms with Crippen molar-refractivity contribution in [3.05, 3.63) is 100 Å². The van der Waals surface area contributed by atoms with Crippen molar-refractivity contribution < 1.29 is 26.3 Å². The highest BCUT2D eigenvalue weighted by atomic mass is 19.4. The van der Waals surface area contributed by atoms with Crippen molar-refractivity contribution >= 4 is 16.7 Å². The third-order valence-corrected chi connectivity index (χ3v) is 7.12. The summed E-state index contributed by atoms with van der Waals surface area (Å²) in [6.45, 7) is 8.12. The van der Waals surface area contributed by atoms with Crippen LogP contribution in [0.5, 0.6) is 0 Å². The molecule has 0 bridgehead atoms. The number of alkyl halides is 6. The molecular weight excluding hydrogens is 526 g/mol. The van der Waals surface area contributed by atoms with Crippen molar-refractivity contribution in [1.82, 2.24) is 0 Å². The fourth-order valence-corrected chi connectivity index (χ4v) is 5.15. The second kappa shape index (κ2) is 10.7. The van der Waals surface area contributed by atoms with Gasteiger partial charge in [-0.25, -0.2) is 0 Å². The van der Waals surface area contributed by atoms with Gasteiger partial charge in [0.05, 0.1) is 11.5 Å². The summed E-state index contributed by atoms with van der Waals surface area (Å²) in [6.07, 6.45) is -4.20. The molecule has 8 heteroatoms. The Labute approximate surface area is 228 Å². The molecule has 4 rings (SSSR count). The number of halogens is 6. The molecule has 0 radical (unpaired) electrons. The number of hydrogen-bond donors (Lipinski definition) is 0. The van der Waals surface area contributed by atoms with Gasteiger partial charge in [0.15, 0.2) is 0 Å². The van der Waals surface area contributed by atoms with Crippen molar-refractivity contribution in [2.75, 3.05) is 0 Å². The summed E-state index contributed by atoms with van der Waals surface area (Å²) in [6, 6.07) is 12.2. The first kappa shape index (κ1) is 28.7. The van der Waals surface area contributed by atoms with Crippen molar-refractivity contribution in [3.8, 4) is 23.3 Å². The van der Waals surface area contributed by atoms with Gasteiger partial charge in [0, 0.05) is 5.57 Å². The maximum absolute atomic E-state index is 13.6. The Kier molecular flexibility index (Phi) is 7.67. The van der Waals surface area contributed by atoms with Gasteiger partial charge in [-0.3, -0.25) is 0 Å². The van der Waals surface area contributed by atoms with Crippen LogP contribution in [-0.2, 0) is 6.42 Å². The zero-order valence-corrected chi connectivity index (χ0v) is 21.8. The molecule has 2 nitrogen and oxygen atoms in total. The highest BCUT2D eigenvalue weighted by molar-refractivity contribution is 6.05. The largest absolute Gasteiger partial charge is 0.416 e. The van der Waals surface area contributed by atoms with Gasteiger partial charge in [-0.15, -0.1) is 0 Å². The topological polar surface area (TPSA) is 47.6 Å². The molecule has 0 saturated carbocycles. The predicted molar refractivity (Wildman–Crippen MR) is 143 cm³/mol. The molecule has 0 fully saturated rings. The van der Waals surface area contributed by atoms with Crippen LogP contribution in [0, 0.1) is 28.6 Å². The Bertz CT molecular complexity index is 1580. The molecule has 1 unspecified atom stereocenters. The zero-order chi connectivity index (χ0) is 29.4. The van der Waals surface area contributed by atoms with Crippen LogP contribution in [0.3, 0.4) is 0 Å². The van der Waals surface area contributed by atoms with Crippen molar-refractivity contribution in [1.29, 1.82) is 10.5 Å². The van der Waals surface area contributed by atoms with Crippen molar-refractivity contribution in [2.24, 2.45) is 5.92 Å². The summed E-state index contributed by atoms with van der Waals surface area (Å²) in [7, 11) is 0. The van der Waals surface area contributed by atoms with E-state index in [0.29, 0.717) is 34.2 Å². The standard InChI is InChI=1S/C32H24F6N2/c1-4-6-7-18(3)26-15-27-25-9-8-20(21-10-23(31(33,34)35)14-24(11-21)32(36,37)38)13-28(25)30(22(16-39)17-40)29(27)12-19(26)5-2/h6-10,12-15,24H,3-5,11H2,1-2H3/b7-6-. The van der Waals surface area contributed by atoms with E-state index in [9.17, 15) is 36.9 Å². The smallest absolute Gasteiger partial charge is 0.192 e. The van der Waals surface area contributed by atoms with Crippen LogP contribution < -0.4 is 0 Å². The van der Waals surface area contributed by atoms with Crippen LogP contribution in [0.1, 0.15) is 54.5 Å². The van der Waals surface area contributed by atoms with Crippen LogP contribution in [0.15, 0.2) is 72.4 Å². The maximum Gasteiger partial charge on any atom is 0.416 e. The summed E-state index contributed by atoms with van der Waals surface area (Å²) in [5, 5.41) is 19.5. The molecule has 0 aromatic heterocycles. The molecule has 0 saturated heterocycles. The summed E-state index contributed by atoms with van der Waals surface area (Å²) in [5.41, 5.74) is 3.72. The third kappa shape index (κ3) is 5.27. The lowest BCUT2D eigenvalue weighted by molar-refractivity contribution is -0.161. The van der Waals surface area contributed by atoms with E-state index in [1.807, 2.05) is 50.3 Å². The Hall–Kier alpha value is -4.30. The third-order valence-electron chi connectivity index (χ3n) is 7.12. The normalized spacial score (nSPS) is 16.6. The van der Waals surface area contributed by atoms with E-state index in [4.69, 9.17) is 0 Å². The molecule has 0 spiro atoms. The molecule has 40 heavy (non-hydrogen) atoms. The van der Waals surface area contributed by atoms with Gasteiger partial charge in [-0.2, -0.15) is 36.9 Å². The molecule has 2 aliphatic rings. The first-order chi connectivity index (χ1) is 18.8. The van der Waals surface area contributed by atoms with E-state index >= 15 is 0 Å². The predicted octanol–water partition coefficient (Wildman–Crippen LogP) is 9.51. The second-order valence-corrected chi connectivity index (χ2v) is 9.62. The first-order valence-corrected chi connectivity index (χ1v) is 12.6. The van der Waals surface area contributed by atoms with Gasteiger partial charge in [0.25, 0.3) is 0 Å². The molecule has 2 aromatic rings. The SMILES string of the molecule is C=C(/C=C\CC)c1cc2c(cc1CC)C(=C(C#N)C#N)c1cc(C3=CC(C(F)(F)F)=CC(C(F)(F)F)C3)ccc1-2. The minimum atomic E-state index is -4.95. The number of allylic oxidation sites excluding steroid dienone is 8. The number of benzene rings is 2. The number of fused-ring (bicyclic) bond motifs is 3. The molecule has 204 valence electrons. The van der Waals surface area contributed by atoms with Crippen LogP contribution in [-0.4, -0.2) is 12.4 Å². The fraction of sp³-hybridized carbons (Fsp3) is 0.250. The number of aryl methyl sites for hydroxylation is 1. The van der Waals surface area contributed by atoms with Crippen molar-refractivity contribution in [3.63, 3.8) is 0 Å². The number of hydrogen-bond acceptors (Lipinski definition) is 2. The molecule has 0 heterocycles. The van der Waals surface area contributed by atoms with Crippen LogP contribution >= 0.6 is 0 Å². The lowest BCUT2D eigenvalue weighted by atomic mass is 9.85. The lowest BCUT2D eigenvalue weighted by Gasteiger charge is -2.25. The molecule has 0 N–H and O–H groups in total. The van der Waals surface area contributed by atoms with E-state index in [1.165, 1.54) is 12.1 Å². The fourth-order valence-electron chi connectivity index (χ4n) is 5.15. The van der Waals surface area contributed by atoms with Gasteiger partial charge in [-0.1, -0.05) is 50.8 Å². The summed E-state index contributed by atoms with van der Waals surface area (Å²) < 4.78 is 81.3. The Morgan fingerprint density at radius 2 is 1.65 bits per heavy atom. The molecule has 0 amide bonds. The van der Waals surface area contributed by atoms with E-state index < -0.39 is 30.3 Å². The van der Waals surface area contributed by atoms with Gasteiger partial charge in [0.2, 0.25) is 0 Å².